The van der Waals surface area contributed by atoms with E-state index in [1.165, 1.54) is 48.4 Å². The van der Waals surface area contributed by atoms with Gasteiger partial charge in [-0.1, -0.05) is 36.3 Å². The zero-order valence-corrected chi connectivity index (χ0v) is 15.8. The van der Waals surface area contributed by atoms with Gasteiger partial charge in [0.2, 0.25) is 0 Å². The summed E-state index contributed by atoms with van der Waals surface area (Å²) in [6, 6.07) is 10.6. The predicted octanol–water partition coefficient (Wildman–Crippen LogP) is 3.99. The zero-order chi connectivity index (χ0) is 17.8. The first-order valence-corrected chi connectivity index (χ1v) is 10.1. The highest BCUT2D eigenvalue weighted by atomic mass is 32.1. The van der Waals surface area contributed by atoms with E-state index in [1.54, 1.807) is 4.40 Å². The molecule has 1 aliphatic carbocycles. The summed E-state index contributed by atoms with van der Waals surface area (Å²) in [6.07, 6.45) is 7.22. The molecule has 132 valence electrons. The number of aryl methyl sites for hydroxylation is 1. The molecular weight excluding hydrogens is 342 g/mol. The van der Waals surface area contributed by atoms with Crippen LogP contribution in [-0.2, 0) is 0 Å². The van der Waals surface area contributed by atoms with E-state index in [0.29, 0.717) is 6.04 Å². The summed E-state index contributed by atoms with van der Waals surface area (Å²) < 4.78 is 4.96. The Labute approximate surface area is 155 Å². The second-order valence-corrected chi connectivity index (χ2v) is 8.28. The third-order valence-corrected chi connectivity index (χ3v) is 6.61. The van der Waals surface area contributed by atoms with E-state index in [9.17, 15) is 4.79 Å². The van der Waals surface area contributed by atoms with Gasteiger partial charge < -0.3 is 4.57 Å². The zero-order valence-electron chi connectivity index (χ0n) is 15.0. The Morgan fingerprint density at radius 1 is 1.19 bits per heavy atom. The summed E-state index contributed by atoms with van der Waals surface area (Å²) in [5.41, 5.74) is 5.51. The molecule has 3 heterocycles. The van der Waals surface area contributed by atoms with Gasteiger partial charge in [-0.3, -0.25) is 4.79 Å². The SMILES string of the molecule is Cc1cc(/C=c2\sc3nc4ccccc4n3c2=O)c(C)n1C1CCCC1. The number of fused-ring (bicyclic) bond motifs is 3. The Kier molecular flexibility index (Phi) is 3.54. The van der Waals surface area contributed by atoms with Crippen molar-refractivity contribution in [3.63, 3.8) is 0 Å². The van der Waals surface area contributed by atoms with Crippen LogP contribution in [-0.4, -0.2) is 14.0 Å². The van der Waals surface area contributed by atoms with Crippen LogP contribution in [0.15, 0.2) is 35.1 Å². The molecule has 5 heteroatoms. The molecule has 0 atom stereocenters. The van der Waals surface area contributed by atoms with Gasteiger partial charge in [0.05, 0.1) is 15.6 Å². The first-order valence-electron chi connectivity index (χ1n) is 9.23. The van der Waals surface area contributed by atoms with Crippen LogP contribution in [0.25, 0.3) is 22.1 Å². The molecule has 1 aromatic carbocycles. The van der Waals surface area contributed by atoms with Crippen LogP contribution in [0, 0.1) is 13.8 Å². The second-order valence-electron chi connectivity index (χ2n) is 7.27. The highest BCUT2D eigenvalue weighted by molar-refractivity contribution is 7.15. The maximum Gasteiger partial charge on any atom is 0.274 e. The van der Waals surface area contributed by atoms with E-state index in [-0.39, 0.29) is 5.56 Å². The number of imidazole rings is 1. The topological polar surface area (TPSA) is 39.3 Å². The van der Waals surface area contributed by atoms with Crippen molar-refractivity contribution in [2.24, 2.45) is 0 Å². The van der Waals surface area contributed by atoms with E-state index in [4.69, 9.17) is 0 Å². The van der Waals surface area contributed by atoms with Gasteiger partial charge in [0.25, 0.3) is 5.56 Å². The second kappa shape index (κ2) is 5.81. The number of aromatic nitrogens is 3. The third-order valence-electron chi connectivity index (χ3n) is 5.65. The van der Waals surface area contributed by atoms with Crippen molar-refractivity contribution in [1.82, 2.24) is 14.0 Å². The van der Waals surface area contributed by atoms with Gasteiger partial charge in [0, 0.05) is 17.4 Å². The lowest BCUT2D eigenvalue weighted by Crippen LogP contribution is -2.22. The normalized spacial score (nSPS) is 16.5. The van der Waals surface area contributed by atoms with Gasteiger partial charge in [0.15, 0.2) is 4.96 Å². The number of para-hydroxylation sites is 2. The standard InChI is InChI=1S/C21H21N3OS/c1-13-11-15(14(2)23(13)16-7-3-4-8-16)12-19-20(25)24-18-10-6-5-9-17(18)22-21(24)26-19/h5-6,9-12,16H,3-4,7-8H2,1-2H3/b19-12-. The molecule has 0 saturated heterocycles. The Bertz CT molecular complexity index is 1240. The van der Waals surface area contributed by atoms with Crippen LogP contribution in [0.1, 0.15) is 48.7 Å². The van der Waals surface area contributed by atoms with Gasteiger partial charge in [-0.05, 0) is 56.5 Å². The molecule has 0 amide bonds. The number of hydrogen-bond acceptors (Lipinski definition) is 3. The van der Waals surface area contributed by atoms with E-state index in [2.05, 4.69) is 29.5 Å². The van der Waals surface area contributed by atoms with E-state index >= 15 is 0 Å². The molecule has 1 aliphatic rings. The minimum Gasteiger partial charge on any atom is -0.346 e. The summed E-state index contributed by atoms with van der Waals surface area (Å²) in [5.74, 6) is 0. The van der Waals surface area contributed by atoms with Crippen molar-refractivity contribution < 1.29 is 0 Å². The smallest absolute Gasteiger partial charge is 0.274 e. The fourth-order valence-electron chi connectivity index (χ4n) is 4.43. The molecule has 0 aliphatic heterocycles. The van der Waals surface area contributed by atoms with Crippen LogP contribution >= 0.6 is 11.3 Å². The number of thiazole rings is 1. The molecule has 0 bridgehead atoms. The summed E-state index contributed by atoms with van der Waals surface area (Å²) in [7, 11) is 0. The number of nitrogens with zero attached hydrogens (tertiary/aromatic N) is 3. The predicted molar refractivity (Wildman–Crippen MR) is 107 cm³/mol. The van der Waals surface area contributed by atoms with Crippen LogP contribution in [0.3, 0.4) is 0 Å². The highest BCUT2D eigenvalue weighted by Crippen LogP contribution is 2.33. The molecule has 5 rings (SSSR count). The minimum atomic E-state index is 0.0318. The van der Waals surface area contributed by atoms with Crippen molar-refractivity contribution in [2.75, 3.05) is 0 Å². The van der Waals surface area contributed by atoms with Crippen molar-refractivity contribution >= 4 is 33.4 Å². The fraction of sp³-hybridized carbons (Fsp3) is 0.333. The first kappa shape index (κ1) is 15.8. The van der Waals surface area contributed by atoms with Gasteiger partial charge in [-0.15, -0.1) is 0 Å². The molecule has 0 N–H and O–H groups in total. The molecule has 4 aromatic rings. The van der Waals surface area contributed by atoms with E-state index < -0.39 is 0 Å². The summed E-state index contributed by atoms with van der Waals surface area (Å²) in [5, 5.41) is 0. The largest absolute Gasteiger partial charge is 0.346 e. The van der Waals surface area contributed by atoms with Crippen molar-refractivity contribution in [2.45, 2.75) is 45.6 Å². The Morgan fingerprint density at radius 3 is 2.77 bits per heavy atom. The van der Waals surface area contributed by atoms with E-state index in [0.717, 1.165) is 26.1 Å². The molecule has 0 radical (unpaired) electrons. The number of hydrogen-bond donors (Lipinski definition) is 0. The molecular formula is C21H21N3OS. The van der Waals surface area contributed by atoms with Crippen LogP contribution in [0.4, 0.5) is 0 Å². The summed E-state index contributed by atoms with van der Waals surface area (Å²) in [6.45, 7) is 4.35. The molecule has 3 aromatic heterocycles. The highest BCUT2D eigenvalue weighted by Gasteiger charge is 2.21. The monoisotopic (exact) mass is 363 g/mol. The van der Waals surface area contributed by atoms with Crippen molar-refractivity contribution in [3.05, 3.63) is 62.2 Å². The van der Waals surface area contributed by atoms with E-state index in [1.807, 2.05) is 30.3 Å². The number of rotatable bonds is 2. The Hall–Kier alpha value is -2.40. The molecule has 0 unspecified atom stereocenters. The average Bonchev–Trinajstić information content (AvgIpc) is 3.36. The Morgan fingerprint density at radius 2 is 1.96 bits per heavy atom. The van der Waals surface area contributed by atoms with Crippen LogP contribution in [0.5, 0.6) is 0 Å². The quantitative estimate of drug-likeness (QED) is 0.540. The first-order chi connectivity index (χ1) is 12.6. The molecule has 1 fully saturated rings. The maximum atomic E-state index is 13.0. The molecule has 0 spiro atoms. The molecule has 26 heavy (non-hydrogen) atoms. The number of benzene rings is 1. The van der Waals surface area contributed by atoms with Crippen LogP contribution in [0.2, 0.25) is 0 Å². The van der Waals surface area contributed by atoms with Gasteiger partial charge in [0.1, 0.15) is 0 Å². The van der Waals surface area contributed by atoms with Gasteiger partial charge in [-0.25, -0.2) is 9.38 Å². The fourth-order valence-corrected chi connectivity index (χ4v) is 5.40. The van der Waals surface area contributed by atoms with Gasteiger partial charge >= 0.3 is 0 Å². The third kappa shape index (κ3) is 2.27. The lowest BCUT2D eigenvalue weighted by atomic mass is 10.2. The summed E-state index contributed by atoms with van der Waals surface area (Å²) >= 11 is 1.48. The maximum absolute atomic E-state index is 13.0. The Balaban J connectivity index is 1.68. The average molecular weight is 363 g/mol. The van der Waals surface area contributed by atoms with Crippen molar-refractivity contribution in [3.8, 4) is 0 Å². The lowest BCUT2D eigenvalue weighted by Gasteiger charge is -2.17. The summed E-state index contributed by atoms with van der Waals surface area (Å²) in [4.78, 5) is 18.3. The molecule has 1 saturated carbocycles. The molecule has 4 nitrogen and oxygen atoms in total. The lowest BCUT2D eigenvalue weighted by molar-refractivity contribution is 0.500. The van der Waals surface area contributed by atoms with Crippen LogP contribution < -0.4 is 10.1 Å². The van der Waals surface area contributed by atoms with Gasteiger partial charge in [-0.2, -0.15) is 0 Å². The van der Waals surface area contributed by atoms with Crippen molar-refractivity contribution in [1.29, 1.82) is 0 Å². The minimum absolute atomic E-state index is 0.0318.